The van der Waals surface area contributed by atoms with Crippen molar-refractivity contribution in [3.63, 3.8) is 0 Å². The average Bonchev–Trinajstić information content (AvgIpc) is 2.27. The second-order valence-corrected chi connectivity index (χ2v) is 3.30. The smallest absolute Gasteiger partial charge is 0.254 e. The molecule has 0 fully saturated rings. The number of rotatable bonds is 1. The minimum absolute atomic E-state index is 0.00745. The molecule has 0 bridgehead atoms. The molecule has 0 heterocycles. The van der Waals surface area contributed by atoms with Crippen molar-refractivity contribution in [3.05, 3.63) is 42.0 Å². The van der Waals surface area contributed by atoms with Gasteiger partial charge in [0.25, 0.3) is 5.91 Å². The maximum absolute atomic E-state index is 11.4. The van der Waals surface area contributed by atoms with Crippen molar-refractivity contribution in [2.75, 3.05) is 7.05 Å². The molecule has 76 valence electrons. The topological polar surface area (TPSA) is 49.3 Å². The Morgan fingerprint density at radius 1 is 1.20 bits per heavy atom. The first-order valence-electron chi connectivity index (χ1n) is 4.66. The first kappa shape index (κ1) is 9.52. The van der Waals surface area contributed by atoms with Gasteiger partial charge in [-0.15, -0.1) is 0 Å². The fraction of sp³-hybridized carbons (Fsp3) is 0.0833. The van der Waals surface area contributed by atoms with Crippen LogP contribution in [0.4, 0.5) is 0 Å². The molecule has 3 nitrogen and oxygen atoms in total. The number of hydrogen-bond acceptors (Lipinski definition) is 2. The third kappa shape index (κ3) is 1.64. The normalized spacial score (nSPS) is 10.2. The summed E-state index contributed by atoms with van der Waals surface area (Å²) < 4.78 is 0. The molecule has 0 aromatic heterocycles. The highest BCUT2D eigenvalue weighted by Gasteiger charge is 2.09. The van der Waals surface area contributed by atoms with Crippen molar-refractivity contribution in [2.45, 2.75) is 0 Å². The number of amides is 1. The van der Waals surface area contributed by atoms with E-state index in [1.54, 1.807) is 12.1 Å². The third-order valence-electron chi connectivity index (χ3n) is 2.34. The highest BCUT2D eigenvalue weighted by atomic mass is 16.3. The first-order chi connectivity index (χ1) is 7.22. The molecule has 1 amide bonds. The van der Waals surface area contributed by atoms with Gasteiger partial charge in [0.1, 0.15) is 5.75 Å². The average molecular weight is 201 g/mol. The molecule has 0 unspecified atom stereocenters. The maximum Gasteiger partial charge on any atom is 0.254 e. The Morgan fingerprint density at radius 3 is 2.40 bits per heavy atom. The molecule has 0 saturated carbocycles. The van der Waals surface area contributed by atoms with Crippen molar-refractivity contribution in [1.29, 1.82) is 0 Å². The van der Waals surface area contributed by atoms with Gasteiger partial charge < -0.3 is 10.4 Å². The number of phenolic OH excluding ortho intramolecular Hbond substituents is 1. The first-order valence-corrected chi connectivity index (χ1v) is 4.66. The van der Waals surface area contributed by atoms with Gasteiger partial charge in [0.15, 0.2) is 0 Å². The fourth-order valence-electron chi connectivity index (χ4n) is 1.54. The molecule has 2 aromatic carbocycles. The lowest BCUT2D eigenvalue weighted by molar-refractivity contribution is 0.0960. The molecule has 15 heavy (non-hydrogen) atoms. The lowest BCUT2D eigenvalue weighted by atomic mass is 10.1. The van der Waals surface area contributed by atoms with Crippen molar-refractivity contribution in [1.82, 2.24) is 5.32 Å². The lowest BCUT2D eigenvalue weighted by Crippen LogP contribution is -2.17. The van der Waals surface area contributed by atoms with Gasteiger partial charge in [0.05, 0.1) is 5.56 Å². The van der Waals surface area contributed by atoms with Crippen LogP contribution in [0, 0.1) is 0 Å². The van der Waals surface area contributed by atoms with Crippen molar-refractivity contribution in [2.24, 2.45) is 0 Å². The summed E-state index contributed by atoms with van der Waals surface area (Å²) in [6.07, 6.45) is 0. The summed E-state index contributed by atoms with van der Waals surface area (Å²) >= 11 is 0. The summed E-state index contributed by atoms with van der Waals surface area (Å²) in [6, 6.07) is 10.9. The molecule has 3 heteroatoms. The van der Waals surface area contributed by atoms with E-state index in [0.717, 1.165) is 10.8 Å². The zero-order chi connectivity index (χ0) is 10.8. The molecular formula is C12H11NO2. The Kier molecular flexibility index (Phi) is 2.29. The summed E-state index contributed by atoms with van der Waals surface area (Å²) in [5, 5.41) is 14.0. The van der Waals surface area contributed by atoms with E-state index in [0.29, 0.717) is 5.56 Å². The molecular weight excluding hydrogens is 190 g/mol. The van der Waals surface area contributed by atoms with Gasteiger partial charge in [-0.2, -0.15) is 0 Å². The quantitative estimate of drug-likeness (QED) is 0.740. The molecule has 0 aliphatic rings. The highest BCUT2D eigenvalue weighted by molar-refractivity contribution is 6.01. The van der Waals surface area contributed by atoms with E-state index in [-0.39, 0.29) is 11.7 Å². The number of fused-ring (bicyclic) bond motifs is 1. The predicted molar refractivity (Wildman–Crippen MR) is 59.0 cm³/mol. The molecule has 0 aliphatic heterocycles. The van der Waals surface area contributed by atoms with Gasteiger partial charge in [-0.1, -0.05) is 24.3 Å². The van der Waals surface area contributed by atoms with Crippen LogP contribution in [0.1, 0.15) is 10.4 Å². The van der Waals surface area contributed by atoms with Crippen LogP contribution in [0.3, 0.4) is 0 Å². The summed E-state index contributed by atoms with van der Waals surface area (Å²) in [6.45, 7) is 0. The van der Waals surface area contributed by atoms with Gasteiger partial charge in [0.2, 0.25) is 0 Å². The number of carbonyl (C=O) groups is 1. The van der Waals surface area contributed by atoms with E-state index in [9.17, 15) is 9.90 Å². The van der Waals surface area contributed by atoms with Crippen LogP contribution in [0.5, 0.6) is 5.75 Å². The number of nitrogens with one attached hydrogen (secondary N) is 1. The lowest BCUT2D eigenvalue weighted by Gasteiger charge is -2.05. The summed E-state index contributed by atoms with van der Waals surface area (Å²) in [4.78, 5) is 11.4. The highest BCUT2D eigenvalue weighted by Crippen LogP contribution is 2.24. The van der Waals surface area contributed by atoms with E-state index in [1.807, 2.05) is 24.3 Å². The van der Waals surface area contributed by atoms with E-state index in [1.165, 1.54) is 7.05 Å². The molecule has 2 aromatic rings. The van der Waals surface area contributed by atoms with Crippen LogP contribution >= 0.6 is 0 Å². The van der Waals surface area contributed by atoms with Gasteiger partial charge >= 0.3 is 0 Å². The monoisotopic (exact) mass is 201 g/mol. The van der Waals surface area contributed by atoms with Crippen LogP contribution in [0.25, 0.3) is 10.8 Å². The zero-order valence-corrected chi connectivity index (χ0v) is 8.32. The third-order valence-corrected chi connectivity index (χ3v) is 2.34. The summed E-state index contributed by atoms with van der Waals surface area (Å²) in [5.74, 6) is -0.272. The molecule has 0 saturated heterocycles. The van der Waals surface area contributed by atoms with Crippen molar-refractivity contribution >= 4 is 16.7 Å². The largest absolute Gasteiger partial charge is 0.507 e. The summed E-state index contributed by atoms with van der Waals surface area (Å²) in [5.41, 5.74) is 0.302. The Morgan fingerprint density at radius 2 is 1.80 bits per heavy atom. The zero-order valence-electron chi connectivity index (χ0n) is 8.32. The standard InChI is InChI=1S/C12H11NO2/c1-13-12(15)10-6-8-4-2-3-5-9(8)7-11(10)14/h2-7,14H,1H3,(H,13,15). The number of phenols is 1. The fourth-order valence-corrected chi connectivity index (χ4v) is 1.54. The SMILES string of the molecule is CNC(=O)c1cc2ccccc2cc1O. The summed E-state index contributed by atoms with van der Waals surface area (Å²) in [7, 11) is 1.54. The number of hydrogen-bond donors (Lipinski definition) is 2. The molecule has 2 N–H and O–H groups in total. The Hall–Kier alpha value is -2.03. The molecule has 0 atom stereocenters. The van der Waals surface area contributed by atoms with Gasteiger partial charge in [-0.3, -0.25) is 4.79 Å². The van der Waals surface area contributed by atoms with Gasteiger partial charge in [-0.25, -0.2) is 0 Å². The van der Waals surface area contributed by atoms with Gasteiger partial charge in [-0.05, 0) is 22.9 Å². The van der Waals surface area contributed by atoms with Crippen LogP contribution < -0.4 is 5.32 Å². The predicted octanol–water partition coefficient (Wildman–Crippen LogP) is 1.90. The minimum Gasteiger partial charge on any atom is -0.507 e. The second kappa shape index (κ2) is 3.61. The number of carbonyl (C=O) groups excluding carboxylic acids is 1. The van der Waals surface area contributed by atoms with Crippen LogP contribution in [-0.2, 0) is 0 Å². The molecule has 0 radical (unpaired) electrons. The van der Waals surface area contributed by atoms with Gasteiger partial charge in [0, 0.05) is 7.05 Å². The Labute approximate surface area is 87.3 Å². The van der Waals surface area contributed by atoms with E-state index in [4.69, 9.17) is 0 Å². The van der Waals surface area contributed by atoms with E-state index in [2.05, 4.69) is 5.32 Å². The molecule has 0 spiro atoms. The Balaban J connectivity index is 2.67. The minimum atomic E-state index is -0.279. The van der Waals surface area contributed by atoms with Crippen LogP contribution in [0.2, 0.25) is 0 Å². The van der Waals surface area contributed by atoms with E-state index < -0.39 is 0 Å². The van der Waals surface area contributed by atoms with Crippen LogP contribution in [-0.4, -0.2) is 18.1 Å². The van der Waals surface area contributed by atoms with Crippen molar-refractivity contribution < 1.29 is 9.90 Å². The number of benzene rings is 2. The number of aromatic hydroxyl groups is 1. The maximum atomic E-state index is 11.4. The second-order valence-electron chi connectivity index (χ2n) is 3.30. The molecule has 0 aliphatic carbocycles. The molecule has 2 rings (SSSR count). The van der Waals surface area contributed by atoms with Crippen LogP contribution in [0.15, 0.2) is 36.4 Å². The van der Waals surface area contributed by atoms with Crippen molar-refractivity contribution in [3.8, 4) is 5.75 Å². The van der Waals surface area contributed by atoms with E-state index >= 15 is 0 Å². The Bertz CT molecular complexity index is 520.